The highest BCUT2D eigenvalue weighted by Crippen LogP contribution is 2.35. The zero-order valence-electron chi connectivity index (χ0n) is 15.0. The Bertz CT molecular complexity index is 967. The SMILES string of the molecule is Cc1ccc(C)c(N2N=C(C(=O)Oc3ccc4c(c3)OCO4)CCC2=O)c1. The second-order valence-electron chi connectivity index (χ2n) is 6.45. The lowest BCUT2D eigenvalue weighted by atomic mass is 10.1. The van der Waals surface area contributed by atoms with Crippen LogP contribution < -0.4 is 19.2 Å². The number of aryl methyl sites for hydroxylation is 2. The number of ether oxygens (including phenoxy) is 3. The number of carbonyl (C=O) groups is 2. The van der Waals surface area contributed by atoms with Gasteiger partial charge in [0.05, 0.1) is 5.69 Å². The maximum atomic E-state index is 12.5. The number of carbonyl (C=O) groups excluding carboxylic acids is 2. The molecule has 138 valence electrons. The summed E-state index contributed by atoms with van der Waals surface area (Å²) in [4.78, 5) is 24.9. The third-order valence-corrected chi connectivity index (χ3v) is 4.42. The predicted octanol–water partition coefficient (Wildman–Crippen LogP) is 3.12. The van der Waals surface area contributed by atoms with Crippen molar-refractivity contribution in [3.63, 3.8) is 0 Å². The van der Waals surface area contributed by atoms with E-state index in [-0.39, 0.29) is 31.3 Å². The second kappa shape index (κ2) is 6.75. The Labute approximate surface area is 156 Å². The molecule has 0 aliphatic carbocycles. The molecule has 0 unspecified atom stereocenters. The van der Waals surface area contributed by atoms with Crippen molar-refractivity contribution in [2.75, 3.05) is 11.8 Å². The molecule has 7 nitrogen and oxygen atoms in total. The monoisotopic (exact) mass is 366 g/mol. The molecule has 2 aromatic rings. The van der Waals surface area contributed by atoms with E-state index in [9.17, 15) is 9.59 Å². The van der Waals surface area contributed by atoms with Gasteiger partial charge in [-0.15, -0.1) is 0 Å². The highest BCUT2D eigenvalue weighted by molar-refractivity contribution is 6.38. The Kier molecular flexibility index (Phi) is 4.27. The number of rotatable bonds is 3. The van der Waals surface area contributed by atoms with Gasteiger partial charge in [-0.1, -0.05) is 12.1 Å². The van der Waals surface area contributed by atoms with Gasteiger partial charge in [0.1, 0.15) is 11.5 Å². The lowest BCUT2D eigenvalue weighted by molar-refractivity contribution is -0.127. The van der Waals surface area contributed by atoms with E-state index in [0.29, 0.717) is 22.9 Å². The molecule has 0 spiro atoms. The molecule has 0 aromatic heterocycles. The van der Waals surface area contributed by atoms with E-state index < -0.39 is 5.97 Å². The van der Waals surface area contributed by atoms with Crippen LogP contribution in [0.3, 0.4) is 0 Å². The average molecular weight is 366 g/mol. The largest absolute Gasteiger partial charge is 0.454 e. The number of fused-ring (bicyclic) bond motifs is 1. The van der Waals surface area contributed by atoms with Crippen LogP contribution in [0.25, 0.3) is 0 Å². The maximum Gasteiger partial charge on any atom is 0.359 e. The molecule has 2 aromatic carbocycles. The van der Waals surface area contributed by atoms with Crippen LogP contribution in [0, 0.1) is 13.8 Å². The summed E-state index contributed by atoms with van der Waals surface area (Å²) in [5.41, 5.74) is 2.79. The van der Waals surface area contributed by atoms with Crippen LogP contribution in [-0.2, 0) is 9.59 Å². The lowest BCUT2D eigenvalue weighted by Crippen LogP contribution is -2.36. The van der Waals surface area contributed by atoms with E-state index in [4.69, 9.17) is 14.2 Å². The molecule has 0 saturated heterocycles. The second-order valence-corrected chi connectivity index (χ2v) is 6.45. The van der Waals surface area contributed by atoms with Crippen molar-refractivity contribution in [3.05, 3.63) is 47.5 Å². The van der Waals surface area contributed by atoms with Crippen LogP contribution >= 0.6 is 0 Å². The molecule has 0 saturated carbocycles. The minimum atomic E-state index is -0.586. The molecule has 1 amide bonds. The number of esters is 1. The molecular weight excluding hydrogens is 348 g/mol. The molecule has 0 bridgehead atoms. The normalized spacial score (nSPS) is 15.6. The van der Waals surface area contributed by atoms with Gasteiger partial charge in [0.25, 0.3) is 0 Å². The molecule has 0 radical (unpaired) electrons. The Morgan fingerprint density at radius 1 is 1.07 bits per heavy atom. The van der Waals surface area contributed by atoms with Gasteiger partial charge in [-0.25, -0.2) is 4.79 Å². The summed E-state index contributed by atoms with van der Waals surface area (Å²) < 4.78 is 15.9. The van der Waals surface area contributed by atoms with E-state index in [0.717, 1.165) is 11.1 Å². The number of hydrogen-bond acceptors (Lipinski definition) is 6. The summed E-state index contributed by atoms with van der Waals surface area (Å²) in [7, 11) is 0. The van der Waals surface area contributed by atoms with Gasteiger partial charge < -0.3 is 14.2 Å². The third-order valence-electron chi connectivity index (χ3n) is 4.42. The van der Waals surface area contributed by atoms with Crippen LogP contribution in [0.5, 0.6) is 17.2 Å². The van der Waals surface area contributed by atoms with E-state index in [1.165, 1.54) is 5.01 Å². The molecule has 4 rings (SSSR count). The van der Waals surface area contributed by atoms with Gasteiger partial charge in [0.2, 0.25) is 12.7 Å². The van der Waals surface area contributed by atoms with Gasteiger partial charge >= 0.3 is 5.97 Å². The van der Waals surface area contributed by atoms with Crippen molar-refractivity contribution in [3.8, 4) is 17.2 Å². The zero-order valence-corrected chi connectivity index (χ0v) is 15.0. The summed E-state index contributed by atoms with van der Waals surface area (Å²) >= 11 is 0. The van der Waals surface area contributed by atoms with Crippen molar-refractivity contribution in [1.29, 1.82) is 0 Å². The number of hydrogen-bond donors (Lipinski definition) is 0. The molecule has 27 heavy (non-hydrogen) atoms. The van der Waals surface area contributed by atoms with E-state index in [1.54, 1.807) is 18.2 Å². The predicted molar refractivity (Wildman–Crippen MR) is 98.3 cm³/mol. The zero-order chi connectivity index (χ0) is 19.0. The minimum absolute atomic E-state index is 0.145. The molecule has 2 heterocycles. The molecule has 0 N–H and O–H groups in total. The highest BCUT2D eigenvalue weighted by atomic mass is 16.7. The number of benzene rings is 2. The van der Waals surface area contributed by atoms with Crippen molar-refractivity contribution in [2.45, 2.75) is 26.7 Å². The minimum Gasteiger partial charge on any atom is -0.454 e. The van der Waals surface area contributed by atoms with E-state index >= 15 is 0 Å². The van der Waals surface area contributed by atoms with Gasteiger partial charge in [-0.05, 0) is 43.2 Å². The molecular formula is C20H18N2O5. The summed E-state index contributed by atoms with van der Waals surface area (Å²) in [5.74, 6) is 0.733. The molecule has 2 aliphatic rings. The first-order chi connectivity index (χ1) is 13.0. The van der Waals surface area contributed by atoms with Gasteiger partial charge in [0, 0.05) is 18.9 Å². The summed E-state index contributed by atoms with van der Waals surface area (Å²) in [6.07, 6.45) is 0.437. The standard InChI is InChI=1S/C20H18N2O5/c1-12-3-4-13(2)16(9-12)22-19(23)8-6-15(21-22)20(24)27-14-5-7-17-18(10-14)26-11-25-17/h3-5,7,9-10H,6,8,11H2,1-2H3. The summed E-state index contributed by atoms with van der Waals surface area (Å²) in [6.45, 7) is 3.99. The quantitative estimate of drug-likeness (QED) is 0.616. The molecule has 0 atom stereocenters. The highest BCUT2D eigenvalue weighted by Gasteiger charge is 2.28. The fourth-order valence-corrected chi connectivity index (χ4v) is 2.94. The Hall–Kier alpha value is -3.35. The first kappa shape index (κ1) is 17.1. The Morgan fingerprint density at radius 2 is 1.89 bits per heavy atom. The number of amides is 1. The van der Waals surface area contributed by atoms with Crippen LogP contribution in [0.1, 0.15) is 24.0 Å². The van der Waals surface area contributed by atoms with Crippen LogP contribution in [-0.4, -0.2) is 24.4 Å². The lowest BCUT2D eigenvalue weighted by Gasteiger charge is -2.24. The van der Waals surface area contributed by atoms with Gasteiger partial charge in [-0.3, -0.25) is 4.79 Å². The fourth-order valence-electron chi connectivity index (χ4n) is 2.94. The molecule has 0 fully saturated rings. The molecule has 2 aliphatic heterocycles. The van der Waals surface area contributed by atoms with E-state index in [2.05, 4.69) is 5.10 Å². The van der Waals surface area contributed by atoms with E-state index in [1.807, 2.05) is 32.0 Å². The smallest absolute Gasteiger partial charge is 0.359 e. The van der Waals surface area contributed by atoms with Crippen LogP contribution in [0.2, 0.25) is 0 Å². The van der Waals surface area contributed by atoms with Crippen molar-refractivity contribution >= 4 is 23.3 Å². The fraction of sp³-hybridized carbons (Fsp3) is 0.250. The number of nitrogens with zero attached hydrogens (tertiary/aromatic N) is 2. The third kappa shape index (κ3) is 3.36. The van der Waals surface area contributed by atoms with Crippen LogP contribution in [0.4, 0.5) is 5.69 Å². The first-order valence-electron chi connectivity index (χ1n) is 8.61. The number of hydrazone groups is 1. The summed E-state index contributed by atoms with van der Waals surface area (Å²) in [6, 6.07) is 10.7. The van der Waals surface area contributed by atoms with Crippen LogP contribution in [0.15, 0.2) is 41.5 Å². The topological polar surface area (TPSA) is 77.4 Å². The van der Waals surface area contributed by atoms with Crippen molar-refractivity contribution in [1.82, 2.24) is 0 Å². The summed E-state index contributed by atoms with van der Waals surface area (Å²) in [5, 5.41) is 5.57. The first-order valence-corrected chi connectivity index (χ1v) is 8.61. The van der Waals surface area contributed by atoms with Crippen molar-refractivity contribution < 1.29 is 23.8 Å². The average Bonchev–Trinajstić information content (AvgIpc) is 3.12. The van der Waals surface area contributed by atoms with Crippen molar-refractivity contribution in [2.24, 2.45) is 5.10 Å². The Balaban J connectivity index is 1.58. The maximum absolute atomic E-state index is 12.5. The van der Waals surface area contributed by atoms with Gasteiger partial charge in [0.15, 0.2) is 11.5 Å². The Morgan fingerprint density at radius 3 is 2.74 bits per heavy atom. The van der Waals surface area contributed by atoms with Gasteiger partial charge in [-0.2, -0.15) is 10.1 Å². The molecule has 7 heteroatoms. The number of anilines is 1.